The molecule has 0 radical (unpaired) electrons. The number of aryl methyl sites for hydroxylation is 1. The van der Waals surface area contributed by atoms with Crippen molar-refractivity contribution >= 4 is 17.6 Å². The summed E-state index contributed by atoms with van der Waals surface area (Å²) in [6.07, 6.45) is 0. The summed E-state index contributed by atoms with van der Waals surface area (Å²) in [6.45, 7) is 1.60. The molecule has 0 heterocycles. The van der Waals surface area contributed by atoms with E-state index >= 15 is 0 Å². The van der Waals surface area contributed by atoms with Crippen molar-refractivity contribution in [3.63, 3.8) is 0 Å². The first-order chi connectivity index (χ1) is 6.06. The number of benzene rings is 1. The van der Waals surface area contributed by atoms with Gasteiger partial charge in [-0.2, -0.15) is 0 Å². The van der Waals surface area contributed by atoms with E-state index in [0.29, 0.717) is 5.56 Å². The molecule has 1 aromatic carbocycles. The van der Waals surface area contributed by atoms with Gasteiger partial charge in [0.1, 0.15) is 5.82 Å². The Morgan fingerprint density at radius 1 is 1.54 bits per heavy atom. The highest BCUT2D eigenvalue weighted by atomic mass is 35.5. The van der Waals surface area contributed by atoms with Crippen LogP contribution in [0.25, 0.3) is 0 Å². The lowest BCUT2D eigenvalue weighted by Crippen LogP contribution is -2.06. The zero-order valence-corrected chi connectivity index (χ0v) is 7.98. The Morgan fingerprint density at radius 2 is 2.15 bits per heavy atom. The van der Waals surface area contributed by atoms with Gasteiger partial charge in [-0.3, -0.25) is 0 Å². The molecule has 0 fully saturated rings. The molecule has 0 bridgehead atoms. The average Bonchev–Trinajstić information content (AvgIpc) is 2.02. The lowest BCUT2D eigenvalue weighted by atomic mass is 10.1. The minimum atomic E-state index is -0.688. The van der Waals surface area contributed by atoms with E-state index in [1.54, 1.807) is 6.92 Å². The fraction of sp³-hybridized carbons (Fsp3) is 0.222. The van der Waals surface area contributed by atoms with E-state index in [4.69, 9.17) is 11.6 Å². The maximum absolute atomic E-state index is 13.2. The van der Waals surface area contributed by atoms with Crippen molar-refractivity contribution < 1.29 is 13.9 Å². The summed E-state index contributed by atoms with van der Waals surface area (Å²) in [5.41, 5.74) is 0.406. The first-order valence-corrected chi connectivity index (χ1v) is 3.98. The fourth-order valence-corrected chi connectivity index (χ4v) is 1.32. The second-order valence-electron chi connectivity index (χ2n) is 2.57. The van der Waals surface area contributed by atoms with Gasteiger partial charge in [0.05, 0.1) is 12.7 Å². The standard InChI is InChI=1S/C9H8ClFO2/c1-5-3-6(10)4-7(11)8(5)9(12)13-2/h3-4H,1-2H3. The van der Waals surface area contributed by atoms with E-state index in [0.717, 1.165) is 6.07 Å². The molecule has 0 N–H and O–H groups in total. The third-order valence-electron chi connectivity index (χ3n) is 1.64. The smallest absolute Gasteiger partial charge is 0.341 e. The number of hydrogen-bond donors (Lipinski definition) is 0. The van der Waals surface area contributed by atoms with Crippen LogP contribution >= 0.6 is 11.6 Å². The summed E-state index contributed by atoms with van der Waals surface area (Å²) < 4.78 is 17.6. The Morgan fingerprint density at radius 3 is 2.62 bits per heavy atom. The molecule has 0 aliphatic carbocycles. The monoisotopic (exact) mass is 202 g/mol. The van der Waals surface area contributed by atoms with Crippen LogP contribution in [0.5, 0.6) is 0 Å². The highest BCUT2D eigenvalue weighted by molar-refractivity contribution is 6.30. The predicted octanol–water partition coefficient (Wildman–Crippen LogP) is 2.57. The van der Waals surface area contributed by atoms with Gasteiger partial charge < -0.3 is 4.74 Å². The molecule has 2 nitrogen and oxygen atoms in total. The van der Waals surface area contributed by atoms with E-state index in [9.17, 15) is 9.18 Å². The number of hydrogen-bond acceptors (Lipinski definition) is 2. The van der Waals surface area contributed by atoms with Crippen LogP contribution in [0.15, 0.2) is 12.1 Å². The number of carbonyl (C=O) groups excluding carboxylic acids is 1. The minimum Gasteiger partial charge on any atom is -0.465 e. The van der Waals surface area contributed by atoms with E-state index in [-0.39, 0.29) is 10.6 Å². The molecule has 0 unspecified atom stereocenters. The molecular weight excluding hydrogens is 195 g/mol. The van der Waals surface area contributed by atoms with Crippen molar-refractivity contribution in [1.29, 1.82) is 0 Å². The first kappa shape index (κ1) is 9.99. The van der Waals surface area contributed by atoms with Gasteiger partial charge in [-0.15, -0.1) is 0 Å². The topological polar surface area (TPSA) is 26.3 Å². The largest absolute Gasteiger partial charge is 0.465 e. The quantitative estimate of drug-likeness (QED) is 0.655. The van der Waals surface area contributed by atoms with Crippen molar-refractivity contribution in [1.82, 2.24) is 0 Å². The number of carbonyl (C=O) groups is 1. The highest BCUT2D eigenvalue weighted by Gasteiger charge is 2.15. The van der Waals surface area contributed by atoms with Crippen LogP contribution in [0.1, 0.15) is 15.9 Å². The molecule has 70 valence electrons. The molecule has 0 saturated heterocycles. The maximum Gasteiger partial charge on any atom is 0.341 e. The van der Waals surface area contributed by atoms with Crippen LogP contribution in [-0.2, 0) is 4.74 Å². The van der Waals surface area contributed by atoms with Crippen LogP contribution in [0.2, 0.25) is 5.02 Å². The first-order valence-electron chi connectivity index (χ1n) is 3.60. The van der Waals surface area contributed by atoms with Crippen molar-refractivity contribution in [2.24, 2.45) is 0 Å². The number of rotatable bonds is 1. The normalized spacial score (nSPS) is 9.85. The molecule has 13 heavy (non-hydrogen) atoms. The average molecular weight is 203 g/mol. The Labute approximate surface area is 80.3 Å². The molecular formula is C9H8ClFO2. The summed E-state index contributed by atoms with van der Waals surface area (Å²) in [6, 6.07) is 2.59. The van der Waals surface area contributed by atoms with Crippen molar-refractivity contribution in [3.8, 4) is 0 Å². The van der Waals surface area contributed by atoms with Crippen LogP contribution in [0, 0.1) is 12.7 Å². The molecule has 0 spiro atoms. The number of halogens is 2. The van der Waals surface area contributed by atoms with E-state index < -0.39 is 11.8 Å². The van der Waals surface area contributed by atoms with Gasteiger partial charge in [0, 0.05) is 5.02 Å². The van der Waals surface area contributed by atoms with Gasteiger partial charge >= 0.3 is 5.97 Å². The Bertz CT molecular complexity index is 326. The fourth-order valence-electron chi connectivity index (χ4n) is 1.06. The Balaban J connectivity index is 3.28. The Hall–Kier alpha value is -1.09. The van der Waals surface area contributed by atoms with Crippen molar-refractivity contribution in [2.45, 2.75) is 6.92 Å². The van der Waals surface area contributed by atoms with Crippen LogP contribution in [0.4, 0.5) is 4.39 Å². The van der Waals surface area contributed by atoms with E-state index in [1.165, 1.54) is 13.2 Å². The molecule has 1 aromatic rings. The number of methoxy groups -OCH3 is 1. The number of esters is 1. The molecule has 0 amide bonds. The summed E-state index contributed by atoms with van der Waals surface area (Å²) in [5, 5.41) is 0.266. The van der Waals surface area contributed by atoms with Gasteiger partial charge in [0.25, 0.3) is 0 Å². The molecule has 0 aliphatic rings. The van der Waals surface area contributed by atoms with Crippen LogP contribution < -0.4 is 0 Å². The third kappa shape index (κ3) is 1.98. The SMILES string of the molecule is COC(=O)c1c(C)cc(Cl)cc1F. The molecule has 1 rings (SSSR count). The van der Waals surface area contributed by atoms with Gasteiger partial charge in [-0.05, 0) is 24.6 Å². The lowest BCUT2D eigenvalue weighted by molar-refractivity contribution is 0.0594. The Kier molecular flexibility index (Phi) is 2.88. The third-order valence-corrected chi connectivity index (χ3v) is 1.86. The van der Waals surface area contributed by atoms with Crippen molar-refractivity contribution in [2.75, 3.05) is 7.11 Å². The van der Waals surface area contributed by atoms with E-state index in [2.05, 4.69) is 4.74 Å². The predicted molar refractivity (Wildman–Crippen MR) is 47.5 cm³/mol. The van der Waals surface area contributed by atoms with Crippen LogP contribution in [0.3, 0.4) is 0 Å². The second-order valence-corrected chi connectivity index (χ2v) is 3.01. The zero-order valence-electron chi connectivity index (χ0n) is 7.23. The van der Waals surface area contributed by atoms with Gasteiger partial charge in [0.15, 0.2) is 0 Å². The second kappa shape index (κ2) is 3.75. The molecule has 0 aliphatic heterocycles. The molecule has 0 atom stereocenters. The maximum atomic E-state index is 13.2. The summed E-state index contributed by atoms with van der Waals surface area (Å²) in [5.74, 6) is -1.34. The number of ether oxygens (including phenoxy) is 1. The highest BCUT2D eigenvalue weighted by Crippen LogP contribution is 2.19. The van der Waals surface area contributed by atoms with Crippen molar-refractivity contribution in [3.05, 3.63) is 34.1 Å². The summed E-state index contributed by atoms with van der Waals surface area (Å²) in [7, 11) is 1.20. The van der Waals surface area contributed by atoms with Gasteiger partial charge in [-0.25, -0.2) is 9.18 Å². The van der Waals surface area contributed by atoms with E-state index in [1.807, 2.05) is 0 Å². The summed E-state index contributed by atoms with van der Waals surface area (Å²) in [4.78, 5) is 11.1. The molecule has 0 aromatic heterocycles. The lowest BCUT2D eigenvalue weighted by Gasteiger charge is -2.05. The van der Waals surface area contributed by atoms with Crippen LogP contribution in [-0.4, -0.2) is 13.1 Å². The summed E-state index contributed by atoms with van der Waals surface area (Å²) >= 11 is 5.58. The van der Waals surface area contributed by atoms with Gasteiger partial charge in [-0.1, -0.05) is 11.6 Å². The molecule has 0 saturated carbocycles. The molecule has 4 heteroatoms. The van der Waals surface area contributed by atoms with Gasteiger partial charge in [0.2, 0.25) is 0 Å². The zero-order chi connectivity index (χ0) is 10.0. The minimum absolute atomic E-state index is 0.0631.